The third kappa shape index (κ3) is 4.68. The van der Waals surface area contributed by atoms with Crippen LogP contribution in [0.2, 0.25) is 0 Å². The number of rotatable bonds is 7. The molecule has 1 aliphatic heterocycles. The lowest BCUT2D eigenvalue weighted by Gasteiger charge is -2.16. The molecule has 0 radical (unpaired) electrons. The van der Waals surface area contributed by atoms with Crippen LogP contribution in [0.25, 0.3) is 0 Å². The van der Waals surface area contributed by atoms with E-state index in [-0.39, 0.29) is 21.1 Å². The van der Waals surface area contributed by atoms with Gasteiger partial charge in [-0.05, 0) is 55.7 Å². The number of carbonyl (C=O) groups excluding carboxylic acids is 1. The van der Waals surface area contributed by atoms with Crippen molar-refractivity contribution in [2.45, 2.75) is 36.0 Å². The van der Waals surface area contributed by atoms with Crippen LogP contribution in [0.1, 0.15) is 36.5 Å². The van der Waals surface area contributed by atoms with Gasteiger partial charge in [0.1, 0.15) is 0 Å². The summed E-state index contributed by atoms with van der Waals surface area (Å²) >= 11 is 0. The smallest absolute Gasteiger partial charge is 0.256 e. The fourth-order valence-electron chi connectivity index (χ4n) is 3.29. The molecule has 2 aromatic carbocycles. The molecule has 9 heteroatoms. The average Bonchev–Trinajstić information content (AvgIpc) is 3.24. The maximum absolute atomic E-state index is 12.7. The minimum absolute atomic E-state index is 0.00687. The Bertz CT molecular complexity index is 1090. The summed E-state index contributed by atoms with van der Waals surface area (Å²) in [6.07, 6.45) is 2.16. The van der Waals surface area contributed by atoms with Crippen LogP contribution in [0.4, 0.5) is 5.69 Å². The summed E-state index contributed by atoms with van der Waals surface area (Å²) in [6, 6.07) is 12.0. The minimum atomic E-state index is -3.56. The summed E-state index contributed by atoms with van der Waals surface area (Å²) in [7, 11) is -7.09. The molecule has 0 unspecified atom stereocenters. The molecule has 1 amide bonds. The van der Waals surface area contributed by atoms with Gasteiger partial charge in [0.15, 0.2) is 9.84 Å². The molecule has 3 rings (SSSR count). The van der Waals surface area contributed by atoms with Crippen molar-refractivity contribution in [1.82, 2.24) is 4.31 Å². The molecule has 1 saturated heterocycles. The van der Waals surface area contributed by atoms with Gasteiger partial charge in [0.2, 0.25) is 10.0 Å². The molecule has 0 spiro atoms. The van der Waals surface area contributed by atoms with E-state index in [9.17, 15) is 21.6 Å². The number of nitrogens with zero attached hydrogens (tertiary/aromatic N) is 1. The number of anilines is 1. The molecule has 1 fully saturated rings. The Morgan fingerprint density at radius 1 is 0.966 bits per heavy atom. The van der Waals surface area contributed by atoms with Gasteiger partial charge in [-0.2, -0.15) is 4.31 Å². The van der Waals surface area contributed by atoms with Gasteiger partial charge in [0, 0.05) is 18.8 Å². The Kier molecular flexibility index (Phi) is 6.40. The van der Waals surface area contributed by atoms with Crippen LogP contribution < -0.4 is 5.32 Å². The van der Waals surface area contributed by atoms with Crippen LogP contribution in [0, 0.1) is 0 Å². The molecule has 1 heterocycles. The first-order chi connectivity index (χ1) is 13.8. The quantitative estimate of drug-likeness (QED) is 0.719. The van der Waals surface area contributed by atoms with Crippen molar-refractivity contribution < 1.29 is 21.6 Å². The highest BCUT2D eigenvalue weighted by atomic mass is 32.2. The van der Waals surface area contributed by atoms with E-state index in [1.807, 2.05) is 0 Å². The second-order valence-corrected chi connectivity index (χ2v) is 10.9. The van der Waals surface area contributed by atoms with Crippen molar-refractivity contribution in [3.05, 3.63) is 54.1 Å². The lowest BCUT2D eigenvalue weighted by atomic mass is 10.2. The highest BCUT2D eigenvalue weighted by Gasteiger charge is 2.27. The molecular weight excluding hydrogens is 412 g/mol. The molecule has 7 nitrogen and oxygen atoms in total. The van der Waals surface area contributed by atoms with Gasteiger partial charge in [-0.3, -0.25) is 4.79 Å². The molecule has 0 saturated carbocycles. The Balaban J connectivity index is 1.80. The van der Waals surface area contributed by atoms with E-state index in [4.69, 9.17) is 0 Å². The summed E-state index contributed by atoms with van der Waals surface area (Å²) in [5.41, 5.74) is 0.452. The molecule has 156 valence electrons. The largest absolute Gasteiger partial charge is 0.322 e. The fraction of sp³-hybridized carbons (Fsp3) is 0.350. The average molecular weight is 437 g/mol. The Labute approximate surface area is 171 Å². The first-order valence-electron chi connectivity index (χ1n) is 9.49. The van der Waals surface area contributed by atoms with Gasteiger partial charge in [0.25, 0.3) is 5.91 Å². The molecule has 0 atom stereocenters. The zero-order chi connectivity index (χ0) is 21.1. The summed E-state index contributed by atoms with van der Waals surface area (Å²) in [4.78, 5) is 12.8. The monoisotopic (exact) mass is 436 g/mol. The summed E-state index contributed by atoms with van der Waals surface area (Å²) in [5, 5.41) is 2.65. The van der Waals surface area contributed by atoms with Gasteiger partial charge in [-0.25, -0.2) is 16.8 Å². The first kappa shape index (κ1) is 21.5. The number of sulfonamides is 1. The van der Waals surface area contributed by atoms with Crippen molar-refractivity contribution in [3.8, 4) is 0 Å². The maximum atomic E-state index is 12.7. The van der Waals surface area contributed by atoms with Gasteiger partial charge in [0.05, 0.1) is 21.1 Å². The number of benzene rings is 2. The highest BCUT2D eigenvalue weighted by molar-refractivity contribution is 7.91. The van der Waals surface area contributed by atoms with E-state index in [2.05, 4.69) is 5.32 Å². The van der Waals surface area contributed by atoms with Gasteiger partial charge >= 0.3 is 0 Å². The van der Waals surface area contributed by atoms with Crippen LogP contribution >= 0.6 is 0 Å². The van der Waals surface area contributed by atoms with Crippen molar-refractivity contribution in [2.75, 3.05) is 24.2 Å². The topological polar surface area (TPSA) is 101 Å². The van der Waals surface area contributed by atoms with Crippen LogP contribution in [-0.2, 0) is 19.9 Å². The number of sulfone groups is 1. The molecular formula is C20H24N2O5S2. The van der Waals surface area contributed by atoms with E-state index >= 15 is 0 Å². The van der Waals surface area contributed by atoms with E-state index in [1.54, 1.807) is 19.1 Å². The minimum Gasteiger partial charge on any atom is -0.322 e. The standard InChI is InChI=1S/C20H24N2O5S2/c1-2-15-28(24,25)19-8-4-3-7-18(19)20(23)21-16-9-11-17(12-10-16)29(26,27)22-13-5-6-14-22/h3-4,7-12H,2,5-6,13-15H2,1H3,(H,21,23). The van der Waals surface area contributed by atoms with Crippen molar-refractivity contribution in [3.63, 3.8) is 0 Å². The Morgan fingerprint density at radius 2 is 1.59 bits per heavy atom. The van der Waals surface area contributed by atoms with E-state index in [0.717, 1.165) is 12.8 Å². The normalized spacial score (nSPS) is 15.3. The van der Waals surface area contributed by atoms with E-state index in [0.29, 0.717) is 25.2 Å². The maximum Gasteiger partial charge on any atom is 0.256 e. The Hall–Kier alpha value is -2.23. The molecule has 2 aromatic rings. The van der Waals surface area contributed by atoms with Crippen LogP contribution in [0.3, 0.4) is 0 Å². The highest BCUT2D eigenvalue weighted by Crippen LogP contribution is 2.23. The van der Waals surface area contributed by atoms with Gasteiger partial charge < -0.3 is 5.32 Å². The zero-order valence-corrected chi connectivity index (χ0v) is 17.8. The summed E-state index contributed by atoms with van der Waals surface area (Å²) in [6.45, 7) is 2.80. The predicted octanol–water partition coefficient (Wildman–Crippen LogP) is 2.91. The number of carbonyl (C=O) groups is 1. The Morgan fingerprint density at radius 3 is 2.21 bits per heavy atom. The van der Waals surface area contributed by atoms with E-state index < -0.39 is 25.8 Å². The molecule has 1 aliphatic rings. The van der Waals surface area contributed by atoms with Crippen LogP contribution in [0.5, 0.6) is 0 Å². The van der Waals surface area contributed by atoms with Crippen molar-refractivity contribution in [2.24, 2.45) is 0 Å². The molecule has 1 N–H and O–H groups in total. The zero-order valence-electron chi connectivity index (χ0n) is 16.2. The third-order valence-electron chi connectivity index (χ3n) is 4.75. The van der Waals surface area contributed by atoms with Gasteiger partial charge in [-0.15, -0.1) is 0 Å². The SMILES string of the molecule is CCCS(=O)(=O)c1ccccc1C(=O)Nc1ccc(S(=O)(=O)N2CCCC2)cc1. The molecule has 0 aromatic heterocycles. The molecule has 0 aliphatic carbocycles. The van der Waals surface area contributed by atoms with Crippen molar-refractivity contribution >= 4 is 31.5 Å². The fourth-order valence-corrected chi connectivity index (χ4v) is 6.35. The van der Waals surface area contributed by atoms with Gasteiger partial charge in [-0.1, -0.05) is 19.1 Å². The number of hydrogen-bond acceptors (Lipinski definition) is 5. The molecule has 0 bridgehead atoms. The van der Waals surface area contributed by atoms with Crippen LogP contribution in [-0.4, -0.2) is 45.9 Å². The van der Waals surface area contributed by atoms with Crippen molar-refractivity contribution in [1.29, 1.82) is 0 Å². The molecule has 29 heavy (non-hydrogen) atoms. The summed E-state index contributed by atoms with van der Waals surface area (Å²) < 4.78 is 51.5. The second-order valence-electron chi connectivity index (χ2n) is 6.90. The third-order valence-corrected chi connectivity index (χ3v) is 8.64. The number of nitrogens with one attached hydrogen (secondary N) is 1. The first-order valence-corrected chi connectivity index (χ1v) is 12.6. The van der Waals surface area contributed by atoms with Crippen LogP contribution in [0.15, 0.2) is 58.3 Å². The predicted molar refractivity (Wildman–Crippen MR) is 111 cm³/mol. The number of hydrogen-bond donors (Lipinski definition) is 1. The number of amides is 1. The second kappa shape index (κ2) is 8.64. The summed E-state index contributed by atoms with van der Waals surface area (Å²) in [5.74, 6) is -0.601. The lowest BCUT2D eigenvalue weighted by molar-refractivity contribution is 0.102. The lowest BCUT2D eigenvalue weighted by Crippen LogP contribution is -2.27. The van der Waals surface area contributed by atoms with E-state index in [1.165, 1.54) is 40.7 Å².